The fraction of sp³-hybridized carbons (Fsp3) is 0.231. The van der Waals surface area contributed by atoms with Gasteiger partial charge >= 0.3 is 0 Å². The molecular weight excluding hydrogens is 517 g/mol. The van der Waals surface area contributed by atoms with Crippen LogP contribution in [0.25, 0.3) is 32.1 Å². The lowest BCUT2D eigenvalue weighted by Gasteiger charge is -2.42. The summed E-state index contributed by atoms with van der Waals surface area (Å²) in [6, 6.07) is 3.90. The van der Waals surface area contributed by atoms with Gasteiger partial charge in [-0.1, -0.05) is 12.6 Å². The molecule has 0 aliphatic carbocycles. The van der Waals surface area contributed by atoms with Crippen LogP contribution >= 0.6 is 11.3 Å². The number of hydrogen-bond donors (Lipinski definition) is 1. The lowest BCUT2D eigenvalue weighted by atomic mass is 9.93. The quantitative estimate of drug-likeness (QED) is 0.389. The molecule has 12 heteroatoms. The van der Waals surface area contributed by atoms with Crippen LogP contribution in [0.4, 0.5) is 18.2 Å². The standard InChI is InChI=1S/C26H19F3N6O2S/c1-2-17(36)33-7-8-34-12(11-33)5-6-35-23-15(10-32-35)18(21(28)22(29)20(23)26(34)37)13-3-4-16(27)24-19(13)14(9-30)25(31)38-24/h2-4,10,12H,1,5-8,11,31H2/t12-/m1/s1. The van der Waals surface area contributed by atoms with Crippen LogP contribution in [0.1, 0.15) is 22.3 Å². The maximum atomic E-state index is 16.0. The zero-order chi connectivity index (χ0) is 26.9. The SMILES string of the molecule is C=CC(=O)N1CCN2C(=O)c3c(F)c(F)c(-c4ccc(F)c5sc(N)c(C#N)c45)c4cnn(c34)CC[C@@H]2C1. The number of halogens is 3. The Morgan fingerprint density at radius 2 is 1.97 bits per heavy atom. The highest BCUT2D eigenvalue weighted by molar-refractivity contribution is 7.23. The third kappa shape index (κ3) is 3.24. The maximum absolute atomic E-state index is 16.0. The number of carbonyl (C=O) groups excluding carboxylic acids is 2. The van der Waals surface area contributed by atoms with Gasteiger partial charge in [0.05, 0.1) is 28.0 Å². The molecule has 4 aromatic rings. The third-order valence-corrected chi connectivity index (χ3v) is 8.32. The number of nitrogens with zero attached hydrogens (tertiary/aromatic N) is 5. The molecule has 2 aromatic carbocycles. The first-order valence-electron chi connectivity index (χ1n) is 11.8. The second-order valence-electron chi connectivity index (χ2n) is 9.19. The van der Waals surface area contributed by atoms with Gasteiger partial charge in [0.2, 0.25) is 5.91 Å². The smallest absolute Gasteiger partial charge is 0.259 e. The van der Waals surface area contributed by atoms with Gasteiger partial charge in [-0.3, -0.25) is 14.3 Å². The molecule has 2 aromatic heterocycles. The van der Waals surface area contributed by atoms with Crippen molar-refractivity contribution in [1.82, 2.24) is 19.6 Å². The molecular formula is C26H19F3N6O2S. The minimum Gasteiger partial charge on any atom is -0.389 e. The van der Waals surface area contributed by atoms with E-state index in [9.17, 15) is 19.2 Å². The number of thiophene rings is 1. The van der Waals surface area contributed by atoms with Gasteiger partial charge in [-0.2, -0.15) is 10.4 Å². The van der Waals surface area contributed by atoms with E-state index in [2.05, 4.69) is 11.7 Å². The molecule has 4 heterocycles. The zero-order valence-electron chi connectivity index (χ0n) is 19.8. The van der Waals surface area contributed by atoms with Gasteiger partial charge in [0.15, 0.2) is 11.6 Å². The van der Waals surface area contributed by atoms with Crippen molar-refractivity contribution < 1.29 is 22.8 Å². The van der Waals surface area contributed by atoms with Crippen molar-refractivity contribution in [2.45, 2.75) is 19.0 Å². The van der Waals surface area contributed by atoms with Crippen LogP contribution in [0.15, 0.2) is 31.0 Å². The Kier molecular flexibility index (Phi) is 5.43. The molecule has 6 rings (SSSR count). The molecule has 1 saturated heterocycles. The number of nitrogen functional groups attached to an aromatic ring is 1. The van der Waals surface area contributed by atoms with E-state index in [1.165, 1.54) is 27.9 Å². The van der Waals surface area contributed by atoms with Gasteiger partial charge < -0.3 is 15.5 Å². The molecule has 2 aliphatic heterocycles. The lowest BCUT2D eigenvalue weighted by molar-refractivity contribution is -0.128. The van der Waals surface area contributed by atoms with Crippen LogP contribution in [0.5, 0.6) is 0 Å². The molecule has 0 unspecified atom stereocenters. The number of hydrogen-bond acceptors (Lipinski definition) is 6. The Morgan fingerprint density at radius 1 is 1.21 bits per heavy atom. The minimum atomic E-state index is -1.36. The Morgan fingerprint density at radius 3 is 2.71 bits per heavy atom. The molecule has 0 radical (unpaired) electrons. The number of anilines is 1. The number of benzene rings is 2. The molecule has 0 spiro atoms. The van der Waals surface area contributed by atoms with Crippen molar-refractivity contribution in [1.29, 1.82) is 5.26 Å². The monoisotopic (exact) mass is 536 g/mol. The molecule has 0 saturated carbocycles. The van der Waals surface area contributed by atoms with Crippen molar-refractivity contribution in [2.24, 2.45) is 0 Å². The van der Waals surface area contributed by atoms with Gasteiger partial charge in [0.25, 0.3) is 5.91 Å². The Hall–Kier alpha value is -4.37. The van der Waals surface area contributed by atoms with Crippen molar-refractivity contribution in [3.63, 3.8) is 0 Å². The van der Waals surface area contributed by atoms with E-state index in [-0.39, 0.29) is 74.8 Å². The van der Waals surface area contributed by atoms with Gasteiger partial charge in [-0.25, -0.2) is 13.2 Å². The number of aromatic nitrogens is 2. The van der Waals surface area contributed by atoms with E-state index in [1.54, 1.807) is 4.90 Å². The first-order chi connectivity index (χ1) is 18.3. The summed E-state index contributed by atoms with van der Waals surface area (Å²) in [5.74, 6) is -4.27. The minimum absolute atomic E-state index is 0.0316. The molecule has 2 N–H and O–H groups in total. The van der Waals surface area contributed by atoms with Crippen LogP contribution in [0, 0.1) is 28.8 Å². The van der Waals surface area contributed by atoms with E-state index in [0.717, 1.165) is 17.4 Å². The molecule has 1 atom stereocenters. The summed E-state index contributed by atoms with van der Waals surface area (Å²) < 4.78 is 48.0. The third-order valence-electron chi connectivity index (χ3n) is 7.29. The topological polar surface area (TPSA) is 108 Å². The fourth-order valence-corrected chi connectivity index (χ4v) is 6.47. The van der Waals surface area contributed by atoms with Crippen LogP contribution < -0.4 is 5.73 Å². The maximum Gasteiger partial charge on any atom is 0.259 e. The van der Waals surface area contributed by atoms with Gasteiger partial charge in [0, 0.05) is 42.5 Å². The highest BCUT2D eigenvalue weighted by Crippen LogP contribution is 2.45. The molecule has 0 bridgehead atoms. The highest BCUT2D eigenvalue weighted by atomic mass is 32.1. The number of rotatable bonds is 2. The van der Waals surface area contributed by atoms with Crippen molar-refractivity contribution in [2.75, 3.05) is 25.4 Å². The summed E-state index contributed by atoms with van der Waals surface area (Å²) in [5, 5.41) is 14.3. The summed E-state index contributed by atoms with van der Waals surface area (Å²) in [6.07, 6.45) is 2.98. The number of fused-ring (bicyclic) bond motifs is 2. The Bertz CT molecular complexity index is 1750. The first kappa shape index (κ1) is 24.0. The number of amides is 2. The number of nitrogens with two attached hydrogens (primary N) is 1. The van der Waals surface area contributed by atoms with Crippen LogP contribution in [0.3, 0.4) is 0 Å². The van der Waals surface area contributed by atoms with Crippen LogP contribution in [0.2, 0.25) is 0 Å². The van der Waals surface area contributed by atoms with E-state index in [4.69, 9.17) is 5.73 Å². The predicted molar refractivity (Wildman–Crippen MR) is 136 cm³/mol. The lowest BCUT2D eigenvalue weighted by Crippen LogP contribution is -2.57. The van der Waals surface area contributed by atoms with Gasteiger partial charge in [-0.15, -0.1) is 11.3 Å². The summed E-state index contributed by atoms with van der Waals surface area (Å²) in [5.41, 5.74) is 5.43. The molecule has 2 amide bonds. The number of carbonyl (C=O) groups is 2. The largest absolute Gasteiger partial charge is 0.389 e. The number of piperazine rings is 1. The van der Waals surface area contributed by atoms with Crippen molar-refractivity contribution in [3.8, 4) is 17.2 Å². The highest BCUT2D eigenvalue weighted by Gasteiger charge is 2.38. The van der Waals surface area contributed by atoms with E-state index in [1.807, 2.05) is 6.07 Å². The number of aryl methyl sites for hydroxylation is 1. The first-order valence-corrected chi connectivity index (χ1v) is 12.6. The van der Waals surface area contributed by atoms with Gasteiger partial charge in [0.1, 0.15) is 22.5 Å². The van der Waals surface area contributed by atoms with Crippen molar-refractivity contribution in [3.05, 3.63) is 59.6 Å². The van der Waals surface area contributed by atoms with Crippen LogP contribution in [-0.4, -0.2) is 57.1 Å². The molecule has 192 valence electrons. The second-order valence-corrected chi connectivity index (χ2v) is 10.2. The summed E-state index contributed by atoms with van der Waals surface area (Å²) >= 11 is 0.849. The number of nitriles is 1. The second kappa shape index (κ2) is 8.59. The van der Waals surface area contributed by atoms with Crippen molar-refractivity contribution >= 4 is 49.1 Å². The van der Waals surface area contributed by atoms with E-state index >= 15 is 8.78 Å². The fourth-order valence-electron chi connectivity index (χ4n) is 5.52. The average Bonchev–Trinajstić information content (AvgIpc) is 3.48. The van der Waals surface area contributed by atoms with E-state index < -0.39 is 35.0 Å². The average molecular weight is 537 g/mol. The summed E-state index contributed by atoms with van der Waals surface area (Å²) in [7, 11) is 0. The summed E-state index contributed by atoms with van der Waals surface area (Å²) in [4.78, 5) is 28.9. The van der Waals surface area contributed by atoms with E-state index in [0.29, 0.717) is 6.42 Å². The summed E-state index contributed by atoms with van der Waals surface area (Å²) in [6.45, 7) is 4.41. The predicted octanol–water partition coefficient (Wildman–Crippen LogP) is 4.03. The van der Waals surface area contributed by atoms with Crippen LogP contribution in [-0.2, 0) is 11.3 Å². The molecule has 1 fully saturated rings. The molecule has 38 heavy (non-hydrogen) atoms. The Balaban J connectivity index is 1.58. The normalized spacial score (nSPS) is 17.3. The van der Waals surface area contributed by atoms with Gasteiger partial charge in [-0.05, 0) is 24.1 Å². The molecule has 8 nitrogen and oxygen atoms in total. The molecule has 2 aliphatic rings. The Labute approximate surface area is 217 Å². The zero-order valence-corrected chi connectivity index (χ0v) is 20.6.